The lowest BCUT2D eigenvalue weighted by Crippen LogP contribution is -2.50. The quantitative estimate of drug-likeness (QED) is 0.809. The molecule has 1 rings (SSSR count). The number of piperidine rings is 1. The summed E-state index contributed by atoms with van der Waals surface area (Å²) >= 11 is 0. The Bertz CT molecular complexity index is 254. The highest BCUT2D eigenvalue weighted by atomic mass is 16.2. The summed E-state index contributed by atoms with van der Waals surface area (Å²) in [5, 5.41) is 6.33. The summed E-state index contributed by atoms with van der Waals surface area (Å²) in [7, 11) is 1.93. The number of nitrogens with one attached hydrogen (secondary N) is 2. The highest BCUT2D eigenvalue weighted by Gasteiger charge is 2.23. The summed E-state index contributed by atoms with van der Waals surface area (Å²) in [5.41, 5.74) is 0.233. The van der Waals surface area contributed by atoms with Gasteiger partial charge in [-0.2, -0.15) is 0 Å². The Hall–Kier alpha value is -0.770. The largest absolute Gasteiger partial charge is 0.334 e. The van der Waals surface area contributed by atoms with Gasteiger partial charge in [0.25, 0.3) is 0 Å². The van der Waals surface area contributed by atoms with Crippen LogP contribution in [0.4, 0.5) is 4.79 Å². The van der Waals surface area contributed by atoms with E-state index in [1.54, 1.807) is 0 Å². The van der Waals surface area contributed by atoms with E-state index in [9.17, 15) is 4.79 Å². The second-order valence-electron chi connectivity index (χ2n) is 6.52. The van der Waals surface area contributed by atoms with Gasteiger partial charge in [0, 0.05) is 25.7 Å². The van der Waals surface area contributed by atoms with Gasteiger partial charge >= 0.3 is 6.03 Å². The Balaban J connectivity index is 2.46. The van der Waals surface area contributed by atoms with Crippen molar-refractivity contribution in [3.63, 3.8) is 0 Å². The fourth-order valence-electron chi connectivity index (χ4n) is 2.52. The van der Waals surface area contributed by atoms with Gasteiger partial charge in [-0.25, -0.2) is 4.79 Å². The molecule has 0 saturated carbocycles. The highest BCUT2D eigenvalue weighted by Crippen LogP contribution is 2.20. The SMILES string of the molecule is CNCC(CC(C)(C)C)NC(=O)N1CCCCC1. The van der Waals surface area contributed by atoms with Crippen LogP contribution in [0.1, 0.15) is 46.5 Å². The first kappa shape index (κ1) is 15.3. The van der Waals surface area contributed by atoms with E-state index < -0.39 is 0 Å². The summed E-state index contributed by atoms with van der Waals surface area (Å²) < 4.78 is 0. The monoisotopic (exact) mass is 255 g/mol. The minimum atomic E-state index is 0.110. The number of hydrogen-bond acceptors (Lipinski definition) is 2. The summed E-state index contributed by atoms with van der Waals surface area (Å²) in [6.45, 7) is 9.28. The second-order valence-corrected chi connectivity index (χ2v) is 6.52. The van der Waals surface area contributed by atoms with Crippen LogP contribution in [0.3, 0.4) is 0 Å². The Morgan fingerprint density at radius 3 is 2.33 bits per heavy atom. The van der Waals surface area contributed by atoms with E-state index >= 15 is 0 Å². The van der Waals surface area contributed by atoms with Gasteiger partial charge in [-0.3, -0.25) is 0 Å². The van der Waals surface area contributed by atoms with Crippen molar-refractivity contribution in [3.05, 3.63) is 0 Å². The van der Waals surface area contributed by atoms with Crippen LogP contribution in [0.5, 0.6) is 0 Å². The van der Waals surface area contributed by atoms with Gasteiger partial charge in [0.2, 0.25) is 0 Å². The molecule has 1 fully saturated rings. The van der Waals surface area contributed by atoms with Crippen LogP contribution in [0.2, 0.25) is 0 Å². The Kier molecular flexibility index (Phi) is 5.93. The van der Waals surface area contributed by atoms with Crippen molar-refractivity contribution in [2.75, 3.05) is 26.7 Å². The topological polar surface area (TPSA) is 44.4 Å². The third-order valence-corrected chi connectivity index (χ3v) is 3.28. The van der Waals surface area contributed by atoms with Crippen LogP contribution in [0.15, 0.2) is 0 Å². The van der Waals surface area contributed by atoms with Crippen molar-refractivity contribution in [1.29, 1.82) is 0 Å². The molecule has 0 aromatic heterocycles. The minimum absolute atomic E-state index is 0.110. The lowest BCUT2D eigenvalue weighted by atomic mass is 9.88. The lowest BCUT2D eigenvalue weighted by Gasteiger charge is -2.31. The molecule has 4 nitrogen and oxygen atoms in total. The van der Waals surface area contributed by atoms with E-state index in [1.807, 2.05) is 11.9 Å². The smallest absolute Gasteiger partial charge is 0.317 e. The van der Waals surface area contributed by atoms with Crippen LogP contribution in [0.25, 0.3) is 0 Å². The molecule has 0 spiro atoms. The Morgan fingerprint density at radius 1 is 1.22 bits per heavy atom. The highest BCUT2D eigenvalue weighted by molar-refractivity contribution is 5.74. The first-order chi connectivity index (χ1) is 8.42. The minimum Gasteiger partial charge on any atom is -0.334 e. The molecule has 0 aromatic rings. The molecular formula is C14H29N3O. The normalized spacial score (nSPS) is 18.6. The molecular weight excluding hydrogens is 226 g/mol. The standard InChI is InChI=1S/C14H29N3O/c1-14(2,3)10-12(11-15-4)16-13(18)17-8-6-5-7-9-17/h12,15H,5-11H2,1-4H3,(H,16,18). The molecule has 0 aliphatic carbocycles. The zero-order chi connectivity index (χ0) is 13.6. The number of nitrogens with zero attached hydrogens (tertiary/aromatic N) is 1. The number of likely N-dealkylation sites (N-methyl/N-ethyl adjacent to an activating group) is 1. The predicted molar refractivity (Wildman–Crippen MR) is 75.7 cm³/mol. The van der Waals surface area contributed by atoms with Gasteiger partial charge in [0.15, 0.2) is 0 Å². The van der Waals surface area contributed by atoms with Crippen molar-refractivity contribution >= 4 is 6.03 Å². The summed E-state index contributed by atoms with van der Waals surface area (Å²) in [6.07, 6.45) is 4.53. The number of likely N-dealkylation sites (tertiary alicyclic amines) is 1. The number of hydrogen-bond donors (Lipinski definition) is 2. The van der Waals surface area contributed by atoms with Crippen LogP contribution >= 0.6 is 0 Å². The molecule has 4 heteroatoms. The van der Waals surface area contributed by atoms with Gasteiger partial charge in [-0.15, -0.1) is 0 Å². The maximum absolute atomic E-state index is 12.2. The number of amides is 2. The average Bonchev–Trinajstić information content (AvgIpc) is 2.28. The van der Waals surface area contributed by atoms with Crippen molar-refractivity contribution in [3.8, 4) is 0 Å². The Labute approximate surface area is 111 Å². The van der Waals surface area contributed by atoms with Crippen LogP contribution in [-0.2, 0) is 0 Å². The molecule has 1 unspecified atom stereocenters. The molecule has 2 amide bonds. The summed E-state index contributed by atoms with van der Waals surface area (Å²) in [4.78, 5) is 14.1. The number of carbonyl (C=O) groups excluding carboxylic acids is 1. The van der Waals surface area contributed by atoms with Crippen LogP contribution in [-0.4, -0.2) is 43.7 Å². The number of carbonyl (C=O) groups is 1. The first-order valence-corrected chi connectivity index (χ1v) is 7.12. The maximum atomic E-state index is 12.2. The van der Waals surface area contributed by atoms with E-state index in [1.165, 1.54) is 6.42 Å². The molecule has 2 N–H and O–H groups in total. The molecule has 1 saturated heterocycles. The van der Waals surface area contributed by atoms with Gasteiger partial charge < -0.3 is 15.5 Å². The van der Waals surface area contributed by atoms with Gasteiger partial charge in [0.1, 0.15) is 0 Å². The average molecular weight is 255 g/mol. The fraction of sp³-hybridized carbons (Fsp3) is 0.929. The van der Waals surface area contributed by atoms with E-state index in [4.69, 9.17) is 0 Å². The van der Waals surface area contributed by atoms with E-state index in [-0.39, 0.29) is 17.5 Å². The summed E-state index contributed by atoms with van der Waals surface area (Å²) in [6, 6.07) is 0.323. The third kappa shape index (κ3) is 5.71. The molecule has 0 bridgehead atoms. The van der Waals surface area contributed by atoms with Gasteiger partial charge in [-0.1, -0.05) is 20.8 Å². The van der Waals surface area contributed by atoms with Crippen molar-refractivity contribution in [1.82, 2.24) is 15.5 Å². The predicted octanol–water partition coefficient (Wildman–Crippen LogP) is 2.21. The second kappa shape index (κ2) is 6.98. The lowest BCUT2D eigenvalue weighted by molar-refractivity contribution is 0.178. The maximum Gasteiger partial charge on any atom is 0.317 e. The van der Waals surface area contributed by atoms with E-state index in [2.05, 4.69) is 31.4 Å². The molecule has 0 aromatic carbocycles. The van der Waals surface area contributed by atoms with Gasteiger partial charge in [-0.05, 0) is 38.1 Å². The zero-order valence-electron chi connectivity index (χ0n) is 12.4. The first-order valence-electron chi connectivity index (χ1n) is 7.12. The van der Waals surface area contributed by atoms with Gasteiger partial charge in [0.05, 0.1) is 0 Å². The zero-order valence-corrected chi connectivity index (χ0v) is 12.4. The number of rotatable bonds is 4. The molecule has 1 aliphatic heterocycles. The summed E-state index contributed by atoms with van der Waals surface area (Å²) in [5.74, 6) is 0. The van der Waals surface area contributed by atoms with Crippen LogP contribution in [0, 0.1) is 5.41 Å². The third-order valence-electron chi connectivity index (χ3n) is 3.28. The number of urea groups is 1. The fourth-order valence-corrected chi connectivity index (χ4v) is 2.52. The Morgan fingerprint density at radius 2 is 1.83 bits per heavy atom. The molecule has 1 aliphatic rings. The van der Waals surface area contributed by atoms with E-state index in [0.717, 1.165) is 38.9 Å². The molecule has 106 valence electrons. The van der Waals surface area contributed by atoms with Crippen molar-refractivity contribution in [2.24, 2.45) is 5.41 Å². The van der Waals surface area contributed by atoms with Crippen molar-refractivity contribution in [2.45, 2.75) is 52.5 Å². The molecule has 0 radical (unpaired) electrons. The molecule has 18 heavy (non-hydrogen) atoms. The molecule has 1 heterocycles. The van der Waals surface area contributed by atoms with Crippen LogP contribution < -0.4 is 10.6 Å². The molecule has 1 atom stereocenters. The van der Waals surface area contributed by atoms with E-state index in [0.29, 0.717) is 0 Å². The van der Waals surface area contributed by atoms with Crippen molar-refractivity contribution < 1.29 is 4.79 Å².